The molecule has 0 spiro atoms. The van der Waals surface area contributed by atoms with Gasteiger partial charge < -0.3 is 19.5 Å². The number of aliphatic carboxylic acids is 1. The molecule has 3 atom stereocenters. The molecule has 0 aromatic heterocycles. The number of amides is 1. The van der Waals surface area contributed by atoms with E-state index in [1.54, 1.807) is 0 Å². The number of morpholine rings is 1. The maximum Gasteiger partial charge on any atom is 0.334 e. The maximum atomic E-state index is 12.0. The zero-order valence-electron chi connectivity index (χ0n) is 11.9. The van der Waals surface area contributed by atoms with E-state index in [1.807, 2.05) is 0 Å². The average molecular weight is 285 g/mol. The van der Waals surface area contributed by atoms with E-state index in [9.17, 15) is 9.59 Å². The highest BCUT2D eigenvalue weighted by atomic mass is 16.5. The molecule has 0 aromatic carbocycles. The summed E-state index contributed by atoms with van der Waals surface area (Å²) in [6, 6.07) is 0. The van der Waals surface area contributed by atoms with E-state index in [4.69, 9.17) is 14.6 Å². The van der Waals surface area contributed by atoms with Gasteiger partial charge in [-0.1, -0.05) is 19.8 Å². The molecule has 1 aliphatic carbocycles. The normalized spacial score (nSPS) is 31.1. The van der Waals surface area contributed by atoms with Gasteiger partial charge in [0.1, 0.15) is 6.61 Å². The summed E-state index contributed by atoms with van der Waals surface area (Å²) in [7, 11) is 0. The van der Waals surface area contributed by atoms with Crippen LogP contribution in [0.5, 0.6) is 0 Å². The maximum absolute atomic E-state index is 12.0. The Labute approximate surface area is 119 Å². The Hall–Kier alpha value is -1.14. The number of carbonyl (C=O) groups excluding carboxylic acids is 1. The van der Waals surface area contributed by atoms with E-state index in [2.05, 4.69) is 6.92 Å². The summed E-state index contributed by atoms with van der Waals surface area (Å²) in [5.41, 5.74) is 0. The number of rotatable bonds is 4. The largest absolute Gasteiger partial charge is 0.479 e. The molecule has 2 rings (SSSR count). The zero-order valence-corrected chi connectivity index (χ0v) is 11.9. The second kappa shape index (κ2) is 7.04. The summed E-state index contributed by atoms with van der Waals surface area (Å²) in [5.74, 6) is -0.508. The molecule has 114 valence electrons. The number of carboxylic acid groups (broad SMARTS) is 1. The molecule has 1 aliphatic heterocycles. The van der Waals surface area contributed by atoms with Crippen LogP contribution >= 0.6 is 0 Å². The Bertz CT molecular complexity index is 359. The van der Waals surface area contributed by atoms with Crippen molar-refractivity contribution in [3.63, 3.8) is 0 Å². The number of carboxylic acids is 1. The van der Waals surface area contributed by atoms with Gasteiger partial charge in [0, 0.05) is 6.54 Å². The van der Waals surface area contributed by atoms with Crippen LogP contribution in [-0.2, 0) is 19.1 Å². The molecule has 1 heterocycles. The highest BCUT2D eigenvalue weighted by Crippen LogP contribution is 2.25. The van der Waals surface area contributed by atoms with Crippen molar-refractivity contribution in [2.45, 2.75) is 44.8 Å². The molecule has 6 heteroatoms. The lowest BCUT2D eigenvalue weighted by molar-refractivity contribution is -0.161. The second-order valence-electron chi connectivity index (χ2n) is 5.74. The molecule has 1 saturated heterocycles. The molecule has 0 radical (unpaired) electrons. The summed E-state index contributed by atoms with van der Waals surface area (Å²) in [6.45, 7) is 3.06. The van der Waals surface area contributed by atoms with Crippen LogP contribution in [0.4, 0.5) is 0 Å². The van der Waals surface area contributed by atoms with Crippen molar-refractivity contribution in [2.75, 3.05) is 26.3 Å². The Morgan fingerprint density at radius 1 is 1.40 bits per heavy atom. The second-order valence-corrected chi connectivity index (χ2v) is 5.74. The predicted molar refractivity (Wildman–Crippen MR) is 71.3 cm³/mol. The number of hydrogen-bond acceptors (Lipinski definition) is 4. The van der Waals surface area contributed by atoms with Gasteiger partial charge in [-0.05, 0) is 18.8 Å². The summed E-state index contributed by atoms with van der Waals surface area (Å²) in [6.07, 6.45) is 3.66. The van der Waals surface area contributed by atoms with Crippen LogP contribution in [0.25, 0.3) is 0 Å². The first-order chi connectivity index (χ1) is 9.56. The van der Waals surface area contributed by atoms with E-state index in [0.717, 1.165) is 19.3 Å². The van der Waals surface area contributed by atoms with Gasteiger partial charge in [0.25, 0.3) is 0 Å². The molecular formula is C14H23NO5. The van der Waals surface area contributed by atoms with Gasteiger partial charge in [-0.15, -0.1) is 0 Å². The fourth-order valence-electron chi connectivity index (χ4n) is 2.84. The van der Waals surface area contributed by atoms with Gasteiger partial charge in [0.2, 0.25) is 5.91 Å². The quantitative estimate of drug-likeness (QED) is 0.830. The monoisotopic (exact) mass is 285 g/mol. The van der Waals surface area contributed by atoms with Crippen molar-refractivity contribution >= 4 is 11.9 Å². The highest BCUT2D eigenvalue weighted by Gasteiger charge is 2.29. The Kier molecular flexibility index (Phi) is 5.37. The van der Waals surface area contributed by atoms with Crippen LogP contribution in [0.2, 0.25) is 0 Å². The van der Waals surface area contributed by atoms with Crippen LogP contribution in [-0.4, -0.2) is 60.4 Å². The molecule has 6 nitrogen and oxygen atoms in total. The van der Waals surface area contributed by atoms with E-state index in [1.165, 1.54) is 11.3 Å². The van der Waals surface area contributed by atoms with Crippen molar-refractivity contribution in [2.24, 2.45) is 5.92 Å². The molecule has 2 fully saturated rings. The lowest BCUT2D eigenvalue weighted by Gasteiger charge is -2.32. The van der Waals surface area contributed by atoms with Crippen LogP contribution < -0.4 is 0 Å². The minimum Gasteiger partial charge on any atom is -0.479 e. The molecule has 0 bridgehead atoms. The van der Waals surface area contributed by atoms with Crippen molar-refractivity contribution in [3.8, 4) is 0 Å². The fraction of sp³-hybridized carbons (Fsp3) is 0.857. The van der Waals surface area contributed by atoms with Gasteiger partial charge in [0.05, 0.1) is 19.3 Å². The van der Waals surface area contributed by atoms with Crippen molar-refractivity contribution in [1.29, 1.82) is 0 Å². The first kappa shape index (κ1) is 15.3. The van der Waals surface area contributed by atoms with Gasteiger partial charge in [-0.2, -0.15) is 0 Å². The van der Waals surface area contributed by atoms with E-state index in [0.29, 0.717) is 12.5 Å². The minimum absolute atomic E-state index is 0.0454. The standard InChI is InChI=1S/C14H23NO5/c1-10-3-2-4-11(7-10)20-9-13(16)15-5-6-19-12(8-15)14(17)18/h10-12H,2-9H2,1H3,(H,17,18). The highest BCUT2D eigenvalue weighted by molar-refractivity contribution is 5.79. The third-order valence-electron chi connectivity index (χ3n) is 4.03. The van der Waals surface area contributed by atoms with Crippen LogP contribution in [0.15, 0.2) is 0 Å². The SMILES string of the molecule is CC1CCCC(OCC(=O)N2CCOC(C(=O)O)C2)C1. The average Bonchev–Trinajstić information content (AvgIpc) is 2.45. The van der Waals surface area contributed by atoms with E-state index >= 15 is 0 Å². The lowest BCUT2D eigenvalue weighted by Crippen LogP contribution is -2.49. The van der Waals surface area contributed by atoms with Crippen molar-refractivity contribution < 1.29 is 24.2 Å². The van der Waals surface area contributed by atoms with Gasteiger partial charge in [0.15, 0.2) is 6.10 Å². The molecule has 2 aliphatic rings. The molecule has 1 amide bonds. The summed E-state index contributed by atoms with van der Waals surface area (Å²) >= 11 is 0. The van der Waals surface area contributed by atoms with Crippen LogP contribution in [0.3, 0.4) is 0 Å². The molecular weight excluding hydrogens is 262 g/mol. The predicted octanol–water partition coefficient (Wildman–Crippen LogP) is 0.894. The topological polar surface area (TPSA) is 76.1 Å². The number of nitrogens with zero attached hydrogens (tertiary/aromatic N) is 1. The fourth-order valence-corrected chi connectivity index (χ4v) is 2.84. The number of ether oxygens (including phenoxy) is 2. The van der Waals surface area contributed by atoms with Crippen molar-refractivity contribution in [3.05, 3.63) is 0 Å². The van der Waals surface area contributed by atoms with Crippen molar-refractivity contribution in [1.82, 2.24) is 4.90 Å². The smallest absolute Gasteiger partial charge is 0.334 e. The first-order valence-corrected chi connectivity index (χ1v) is 7.30. The summed E-state index contributed by atoms with van der Waals surface area (Å²) < 4.78 is 10.8. The summed E-state index contributed by atoms with van der Waals surface area (Å²) in [5, 5.41) is 8.91. The summed E-state index contributed by atoms with van der Waals surface area (Å²) in [4.78, 5) is 24.4. The molecule has 1 saturated carbocycles. The third-order valence-corrected chi connectivity index (χ3v) is 4.03. The lowest BCUT2D eigenvalue weighted by atomic mass is 9.89. The molecule has 0 aromatic rings. The molecule has 1 N–H and O–H groups in total. The number of hydrogen-bond donors (Lipinski definition) is 1. The molecule has 3 unspecified atom stereocenters. The first-order valence-electron chi connectivity index (χ1n) is 7.30. The van der Waals surface area contributed by atoms with Gasteiger partial charge >= 0.3 is 5.97 Å². The minimum atomic E-state index is -1.02. The van der Waals surface area contributed by atoms with Gasteiger partial charge in [-0.3, -0.25) is 4.79 Å². The molecule has 20 heavy (non-hydrogen) atoms. The Balaban J connectivity index is 1.75. The van der Waals surface area contributed by atoms with E-state index < -0.39 is 12.1 Å². The Morgan fingerprint density at radius 2 is 2.20 bits per heavy atom. The third kappa shape index (κ3) is 4.18. The van der Waals surface area contributed by atoms with Gasteiger partial charge in [-0.25, -0.2) is 4.79 Å². The van der Waals surface area contributed by atoms with Crippen LogP contribution in [0.1, 0.15) is 32.6 Å². The van der Waals surface area contributed by atoms with E-state index in [-0.39, 0.29) is 31.8 Å². The van der Waals surface area contributed by atoms with Crippen LogP contribution in [0, 0.1) is 5.92 Å². The Morgan fingerprint density at radius 3 is 2.90 bits per heavy atom. The number of carbonyl (C=O) groups is 2. The zero-order chi connectivity index (χ0) is 14.5.